The summed E-state index contributed by atoms with van der Waals surface area (Å²) in [4.78, 5) is 29.9. The lowest BCUT2D eigenvalue weighted by atomic mass is 10.1. The molecule has 3 amide bonds. The number of nitrogens with zero attached hydrogens (tertiary/aromatic N) is 3. The fraction of sp³-hybridized carbons (Fsp3) is 0.375. The molecule has 0 unspecified atom stereocenters. The summed E-state index contributed by atoms with van der Waals surface area (Å²) in [6, 6.07) is 13.9. The van der Waals surface area contributed by atoms with Gasteiger partial charge in [-0.25, -0.2) is 4.79 Å². The third-order valence-corrected chi connectivity index (χ3v) is 5.82. The van der Waals surface area contributed by atoms with Crippen molar-refractivity contribution >= 4 is 29.0 Å². The van der Waals surface area contributed by atoms with Gasteiger partial charge < -0.3 is 20.4 Å². The maximum atomic E-state index is 13.3. The second kappa shape index (κ2) is 9.52. The first kappa shape index (κ1) is 20.7. The molecule has 0 atom stereocenters. The molecule has 0 spiro atoms. The largest absolute Gasteiger partial charge is 0.371 e. The summed E-state index contributed by atoms with van der Waals surface area (Å²) in [5, 5.41) is 14.6. The normalized spacial score (nSPS) is 16.0. The zero-order chi connectivity index (χ0) is 21.6. The van der Waals surface area contributed by atoms with Crippen molar-refractivity contribution in [2.45, 2.75) is 32.1 Å². The zero-order valence-electron chi connectivity index (χ0n) is 17.6. The van der Waals surface area contributed by atoms with Gasteiger partial charge in [0, 0.05) is 43.2 Å². The van der Waals surface area contributed by atoms with Crippen molar-refractivity contribution in [3.63, 3.8) is 0 Å². The molecule has 2 N–H and O–H groups in total. The monoisotopic (exact) mass is 417 g/mol. The van der Waals surface area contributed by atoms with E-state index < -0.39 is 6.03 Å². The third-order valence-electron chi connectivity index (χ3n) is 5.82. The highest BCUT2D eigenvalue weighted by atomic mass is 16.2. The molecule has 0 bridgehead atoms. The van der Waals surface area contributed by atoms with Crippen LogP contribution < -0.4 is 15.5 Å². The van der Waals surface area contributed by atoms with Crippen LogP contribution in [0, 0.1) is 11.3 Å². The average molecular weight is 418 g/mol. The molecule has 0 saturated carbocycles. The van der Waals surface area contributed by atoms with Gasteiger partial charge in [-0.05, 0) is 68.5 Å². The predicted octanol–water partition coefficient (Wildman–Crippen LogP) is 4.43. The van der Waals surface area contributed by atoms with Crippen LogP contribution >= 0.6 is 0 Å². The maximum absolute atomic E-state index is 13.3. The predicted molar refractivity (Wildman–Crippen MR) is 121 cm³/mol. The Kier molecular flexibility index (Phi) is 6.37. The van der Waals surface area contributed by atoms with Gasteiger partial charge in [-0.3, -0.25) is 4.79 Å². The van der Waals surface area contributed by atoms with Gasteiger partial charge in [-0.2, -0.15) is 5.26 Å². The van der Waals surface area contributed by atoms with Crippen molar-refractivity contribution in [1.29, 1.82) is 5.26 Å². The molecule has 2 aromatic carbocycles. The number of nitrogens with one attached hydrogen (secondary N) is 2. The molecular weight excluding hydrogens is 390 g/mol. The van der Waals surface area contributed by atoms with Gasteiger partial charge in [0.2, 0.25) is 0 Å². The molecule has 2 aliphatic rings. The molecule has 2 fully saturated rings. The molecule has 7 nitrogen and oxygen atoms in total. The number of anilines is 3. The second-order valence-electron chi connectivity index (χ2n) is 8.05. The first-order valence-electron chi connectivity index (χ1n) is 10.9. The van der Waals surface area contributed by atoms with Crippen LogP contribution in [-0.2, 0) is 0 Å². The fourth-order valence-electron chi connectivity index (χ4n) is 4.25. The summed E-state index contributed by atoms with van der Waals surface area (Å²) < 4.78 is 0. The number of urea groups is 1. The Morgan fingerprint density at radius 1 is 0.839 bits per heavy atom. The van der Waals surface area contributed by atoms with Crippen LogP contribution in [0.15, 0.2) is 42.5 Å². The van der Waals surface area contributed by atoms with E-state index in [0.29, 0.717) is 22.5 Å². The van der Waals surface area contributed by atoms with E-state index in [0.717, 1.165) is 57.5 Å². The van der Waals surface area contributed by atoms with E-state index >= 15 is 0 Å². The smallest absolute Gasteiger partial charge is 0.323 e. The highest BCUT2D eigenvalue weighted by molar-refractivity contribution is 6.04. The van der Waals surface area contributed by atoms with E-state index in [1.54, 1.807) is 30.3 Å². The Morgan fingerprint density at radius 3 is 2.23 bits per heavy atom. The number of hydrogen-bond acceptors (Lipinski definition) is 4. The molecular formula is C24H27N5O2. The number of benzene rings is 2. The van der Waals surface area contributed by atoms with Gasteiger partial charge in [0.1, 0.15) is 0 Å². The molecule has 0 radical (unpaired) electrons. The van der Waals surface area contributed by atoms with E-state index in [4.69, 9.17) is 5.26 Å². The lowest BCUT2D eigenvalue weighted by Crippen LogP contribution is -2.34. The van der Waals surface area contributed by atoms with Gasteiger partial charge in [0.05, 0.1) is 17.2 Å². The average Bonchev–Trinajstić information content (AvgIpc) is 3.34. The molecule has 4 rings (SSSR count). The molecule has 2 heterocycles. The number of amides is 3. The van der Waals surface area contributed by atoms with Gasteiger partial charge in [-0.15, -0.1) is 0 Å². The van der Waals surface area contributed by atoms with Gasteiger partial charge >= 0.3 is 6.03 Å². The molecule has 2 aromatic rings. The van der Waals surface area contributed by atoms with E-state index in [9.17, 15) is 9.59 Å². The number of nitriles is 1. The summed E-state index contributed by atoms with van der Waals surface area (Å²) in [6.07, 6.45) is 5.54. The Bertz CT molecular complexity index is 1000. The van der Waals surface area contributed by atoms with Crippen LogP contribution in [0.3, 0.4) is 0 Å². The van der Waals surface area contributed by atoms with Gasteiger partial charge in [0.25, 0.3) is 5.91 Å². The van der Waals surface area contributed by atoms with Crippen molar-refractivity contribution in [2.75, 3.05) is 41.7 Å². The Morgan fingerprint density at radius 2 is 1.52 bits per heavy atom. The molecule has 160 valence electrons. The minimum Gasteiger partial charge on any atom is -0.371 e. The van der Waals surface area contributed by atoms with Crippen LogP contribution in [0.4, 0.5) is 21.9 Å². The Balaban J connectivity index is 1.54. The highest BCUT2D eigenvalue weighted by Crippen LogP contribution is 2.29. The van der Waals surface area contributed by atoms with E-state index in [1.807, 2.05) is 17.0 Å². The van der Waals surface area contributed by atoms with Crippen molar-refractivity contribution in [1.82, 2.24) is 4.90 Å². The van der Waals surface area contributed by atoms with Crippen molar-refractivity contribution < 1.29 is 9.59 Å². The maximum Gasteiger partial charge on any atom is 0.323 e. The van der Waals surface area contributed by atoms with E-state index in [1.165, 1.54) is 6.42 Å². The fourth-order valence-corrected chi connectivity index (χ4v) is 4.25. The summed E-state index contributed by atoms with van der Waals surface area (Å²) >= 11 is 0. The van der Waals surface area contributed by atoms with E-state index in [2.05, 4.69) is 21.6 Å². The van der Waals surface area contributed by atoms with Crippen molar-refractivity contribution in [3.8, 4) is 6.07 Å². The molecule has 31 heavy (non-hydrogen) atoms. The third kappa shape index (κ3) is 4.97. The standard InChI is InChI=1S/C24H27N5O2/c25-17-18-7-6-8-19(15-18)26-24(31)27-20-9-10-22(28-11-2-1-3-12-28)21(16-20)23(30)29-13-4-5-14-29/h6-10,15-16H,1-5,11-14H2,(H2,26,27,31). The van der Waals surface area contributed by atoms with Crippen LogP contribution in [0.25, 0.3) is 0 Å². The molecule has 0 aliphatic carbocycles. The van der Waals surface area contributed by atoms with Gasteiger partial charge in [-0.1, -0.05) is 6.07 Å². The number of carbonyl (C=O) groups is 2. The van der Waals surface area contributed by atoms with Crippen LogP contribution in [-0.4, -0.2) is 43.0 Å². The minimum absolute atomic E-state index is 0.0313. The van der Waals surface area contributed by atoms with Crippen molar-refractivity contribution in [3.05, 3.63) is 53.6 Å². The van der Waals surface area contributed by atoms with Crippen LogP contribution in [0.5, 0.6) is 0 Å². The lowest BCUT2D eigenvalue weighted by Gasteiger charge is -2.31. The number of hydrogen-bond donors (Lipinski definition) is 2. The van der Waals surface area contributed by atoms with Crippen molar-refractivity contribution in [2.24, 2.45) is 0 Å². The second-order valence-corrected chi connectivity index (χ2v) is 8.05. The quantitative estimate of drug-likeness (QED) is 0.770. The first-order chi connectivity index (χ1) is 15.1. The molecule has 2 saturated heterocycles. The number of likely N-dealkylation sites (tertiary alicyclic amines) is 1. The summed E-state index contributed by atoms with van der Waals surface area (Å²) in [5.74, 6) is 0.0313. The van der Waals surface area contributed by atoms with E-state index in [-0.39, 0.29) is 5.91 Å². The topological polar surface area (TPSA) is 88.5 Å². The number of rotatable bonds is 4. The Hall–Kier alpha value is -3.53. The Labute approximate surface area is 182 Å². The molecule has 2 aliphatic heterocycles. The number of carbonyl (C=O) groups excluding carboxylic acids is 2. The molecule has 7 heteroatoms. The SMILES string of the molecule is N#Cc1cccc(NC(=O)Nc2ccc(N3CCCCC3)c(C(=O)N3CCCC3)c2)c1. The summed E-state index contributed by atoms with van der Waals surface area (Å²) in [7, 11) is 0. The lowest BCUT2D eigenvalue weighted by molar-refractivity contribution is 0.0793. The van der Waals surface area contributed by atoms with Crippen LogP contribution in [0.2, 0.25) is 0 Å². The molecule has 0 aromatic heterocycles. The number of piperidine rings is 1. The summed E-state index contributed by atoms with van der Waals surface area (Å²) in [6.45, 7) is 3.46. The van der Waals surface area contributed by atoms with Gasteiger partial charge in [0.15, 0.2) is 0 Å². The highest BCUT2D eigenvalue weighted by Gasteiger charge is 2.25. The summed E-state index contributed by atoms with van der Waals surface area (Å²) in [5.41, 5.74) is 3.17. The minimum atomic E-state index is -0.416. The first-order valence-corrected chi connectivity index (χ1v) is 10.9. The zero-order valence-corrected chi connectivity index (χ0v) is 17.6. The van der Waals surface area contributed by atoms with Crippen LogP contribution in [0.1, 0.15) is 48.0 Å².